The normalized spacial score (nSPS) is 13.9. The molecule has 0 bridgehead atoms. The van der Waals surface area contributed by atoms with Crippen molar-refractivity contribution < 1.29 is 9.32 Å². The number of amides is 1. The molecular formula is C23H21N7O2. The van der Waals surface area contributed by atoms with E-state index >= 15 is 0 Å². The molecule has 1 aliphatic heterocycles. The van der Waals surface area contributed by atoms with Crippen molar-refractivity contribution in [1.29, 1.82) is 0 Å². The van der Waals surface area contributed by atoms with Crippen LogP contribution < -0.4 is 4.90 Å². The molecule has 0 atom stereocenters. The second-order valence-electron chi connectivity index (χ2n) is 7.49. The molecule has 0 aliphatic carbocycles. The molecule has 1 aromatic carbocycles. The molecule has 9 nitrogen and oxygen atoms in total. The zero-order valence-corrected chi connectivity index (χ0v) is 17.5. The molecule has 5 rings (SSSR count). The molecule has 0 radical (unpaired) electrons. The van der Waals surface area contributed by atoms with Gasteiger partial charge in [0.15, 0.2) is 5.82 Å². The largest absolute Gasteiger partial charge is 0.352 e. The Morgan fingerprint density at radius 1 is 0.906 bits per heavy atom. The van der Waals surface area contributed by atoms with Gasteiger partial charge >= 0.3 is 0 Å². The van der Waals surface area contributed by atoms with Gasteiger partial charge in [-0.15, -0.1) is 10.2 Å². The second kappa shape index (κ2) is 8.54. The first kappa shape index (κ1) is 19.8. The lowest BCUT2D eigenvalue weighted by molar-refractivity contribution is 0.0746. The first-order valence-electron chi connectivity index (χ1n) is 10.4. The van der Waals surface area contributed by atoms with Crippen molar-refractivity contribution in [3.05, 3.63) is 72.2 Å². The van der Waals surface area contributed by atoms with Gasteiger partial charge in [-0.1, -0.05) is 23.4 Å². The van der Waals surface area contributed by atoms with Crippen LogP contribution in [0.2, 0.25) is 0 Å². The lowest BCUT2D eigenvalue weighted by Gasteiger charge is -2.35. The summed E-state index contributed by atoms with van der Waals surface area (Å²) in [5.74, 6) is 1.84. The molecule has 9 heteroatoms. The van der Waals surface area contributed by atoms with E-state index in [1.54, 1.807) is 25.3 Å². The van der Waals surface area contributed by atoms with E-state index in [-0.39, 0.29) is 5.91 Å². The predicted octanol–water partition coefficient (Wildman–Crippen LogP) is 2.86. The van der Waals surface area contributed by atoms with Crippen LogP contribution in [-0.2, 0) is 0 Å². The second-order valence-corrected chi connectivity index (χ2v) is 7.49. The minimum absolute atomic E-state index is 0.0112. The topological polar surface area (TPSA) is 101 Å². The fourth-order valence-electron chi connectivity index (χ4n) is 3.64. The predicted molar refractivity (Wildman–Crippen MR) is 118 cm³/mol. The Hall–Kier alpha value is -4.14. The van der Waals surface area contributed by atoms with Crippen LogP contribution in [0.15, 0.2) is 65.3 Å². The highest BCUT2D eigenvalue weighted by Crippen LogP contribution is 2.20. The van der Waals surface area contributed by atoms with Gasteiger partial charge < -0.3 is 14.3 Å². The van der Waals surface area contributed by atoms with Crippen molar-refractivity contribution in [3.63, 3.8) is 0 Å². The molecule has 0 unspecified atom stereocenters. The van der Waals surface area contributed by atoms with Gasteiger partial charge in [0, 0.05) is 50.4 Å². The molecule has 1 saturated heterocycles. The number of benzene rings is 1. The van der Waals surface area contributed by atoms with Crippen molar-refractivity contribution in [3.8, 4) is 22.8 Å². The van der Waals surface area contributed by atoms with Crippen LogP contribution >= 0.6 is 0 Å². The summed E-state index contributed by atoms with van der Waals surface area (Å²) in [5.41, 5.74) is 2.99. The summed E-state index contributed by atoms with van der Waals surface area (Å²) < 4.78 is 5.01. The molecule has 1 fully saturated rings. The van der Waals surface area contributed by atoms with Crippen molar-refractivity contribution >= 4 is 11.7 Å². The summed E-state index contributed by atoms with van der Waals surface area (Å²) >= 11 is 0. The SMILES string of the molecule is Cc1nc(-c2ccc(C(=O)N3CCN(c4ccc(-c5ccccn5)nn4)CC3)cc2)no1. The Kier molecular flexibility index (Phi) is 5.29. The van der Waals surface area contributed by atoms with Gasteiger partial charge in [0.2, 0.25) is 11.7 Å². The molecule has 160 valence electrons. The smallest absolute Gasteiger partial charge is 0.253 e. The summed E-state index contributed by atoms with van der Waals surface area (Å²) in [5, 5.41) is 12.6. The summed E-state index contributed by atoms with van der Waals surface area (Å²) in [4.78, 5) is 25.4. The third kappa shape index (κ3) is 4.04. The highest BCUT2D eigenvalue weighted by atomic mass is 16.5. The fraction of sp³-hybridized carbons (Fsp3) is 0.217. The van der Waals surface area contributed by atoms with E-state index < -0.39 is 0 Å². The van der Waals surface area contributed by atoms with Gasteiger partial charge in [-0.3, -0.25) is 9.78 Å². The lowest BCUT2D eigenvalue weighted by Crippen LogP contribution is -2.49. The average Bonchev–Trinajstić information content (AvgIpc) is 3.31. The highest BCUT2D eigenvalue weighted by molar-refractivity contribution is 5.94. The minimum atomic E-state index is 0.0112. The molecule has 3 aromatic heterocycles. The van der Waals surface area contributed by atoms with Crippen molar-refractivity contribution in [1.82, 2.24) is 30.2 Å². The van der Waals surface area contributed by atoms with Gasteiger partial charge in [-0.05, 0) is 36.4 Å². The maximum Gasteiger partial charge on any atom is 0.253 e. The van der Waals surface area contributed by atoms with Crippen LogP contribution in [0, 0.1) is 6.92 Å². The van der Waals surface area contributed by atoms with E-state index in [9.17, 15) is 4.79 Å². The molecule has 1 amide bonds. The summed E-state index contributed by atoms with van der Waals surface area (Å²) in [6.07, 6.45) is 1.74. The summed E-state index contributed by atoms with van der Waals surface area (Å²) in [6.45, 7) is 4.38. The maximum atomic E-state index is 12.9. The molecule has 32 heavy (non-hydrogen) atoms. The standard InChI is InChI=1S/C23H21N7O2/c1-16-25-22(28-32-16)17-5-7-18(8-6-17)23(31)30-14-12-29(13-15-30)21-10-9-20(26-27-21)19-4-2-3-11-24-19/h2-11H,12-15H2,1H3. The number of carbonyl (C=O) groups is 1. The Bertz CT molecular complexity index is 1200. The molecule has 0 spiro atoms. The third-order valence-electron chi connectivity index (χ3n) is 5.39. The van der Waals surface area contributed by atoms with E-state index in [1.165, 1.54) is 0 Å². The number of nitrogens with zero attached hydrogens (tertiary/aromatic N) is 7. The van der Waals surface area contributed by atoms with Gasteiger partial charge in [0.25, 0.3) is 5.91 Å². The molecule has 4 aromatic rings. The van der Waals surface area contributed by atoms with Crippen LogP contribution in [0.4, 0.5) is 5.82 Å². The van der Waals surface area contributed by atoms with Gasteiger partial charge in [0.05, 0.1) is 5.69 Å². The molecule has 0 saturated carbocycles. The van der Waals surface area contributed by atoms with Gasteiger partial charge in [0.1, 0.15) is 5.69 Å². The van der Waals surface area contributed by atoms with E-state index in [2.05, 4.69) is 30.2 Å². The summed E-state index contributed by atoms with van der Waals surface area (Å²) in [7, 11) is 0. The number of pyridine rings is 1. The molecular weight excluding hydrogens is 406 g/mol. The Labute approximate surface area is 184 Å². The van der Waals surface area contributed by atoms with E-state index in [1.807, 2.05) is 47.4 Å². The highest BCUT2D eigenvalue weighted by Gasteiger charge is 2.23. The fourth-order valence-corrected chi connectivity index (χ4v) is 3.64. The van der Waals surface area contributed by atoms with Crippen LogP contribution in [0.25, 0.3) is 22.8 Å². The van der Waals surface area contributed by atoms with Crippen LogP contribution in [0.5, 0.6) is 0 Å². The number of aromatic nitrogens is 5. The summed E-state index contributed by atoms with van der Waals surface area (Å²) in [6, 6.07) is 16.9. The average molecular weight is 427 g/mol. The zero-order valence-electron chi connectivity index (χ0n) is 17.5. The first-order chi connectivity index (χ1) is 15.7. The number of aryl methyl sites for hydroxylation is 1. The molecule has 4 heterocycles. The number of carbonyl (C=O) groups excluding carboxylic acids is 1. The van der Waals surface area contributed by atoms with Crippen LogP contribution in [-0.4, -0.2) is 62.3 Å². The van der Waals surface area contributed by atoms with E-state index in [0.29, 0.717) is 43.5 Å². The zero-order chi connectivity index (χ0) is 21.9. The number of hydrogen-bond acceptors (Lipinski definition) is 8. The molecule has 0 N–H and O–H groups in total. The maximum absolute atomic E-state index is 12.9. The van der Waals surface area contributed by atoms with Crippen molar-refractivity contribution in [2.24, 2.45) is 0 Å². The van der Waals surface area contributed by atoms with E-state index in [0.717, 1.165) is 22.8 Å². The Morgan fingerprint density at radius 3 is 2.34 bits per heavy atom. The van der Waals surface area contributed by atoms with Crippen molar-refractivity contribution in [2.75, 3.05) is 31.1 Å². The number of piperazine rings is 1. The van der Waals surface area contributed by atoms with Crippen molar-refractivity contribution in [2.45, 2.75) is 6.92 Å². The van der Waals surface area contributed by atoms with Gasteiger partial charge in [-0.25, -0.2) is 0 Å². The minimum Gasteiger partial charge on any atom is -0.352 e. The quantitative estimate of drug-likeness (QED) is 0.490. The Balaban J connectivity index is 1.20. The third-order valence-corrected chi connectivity index (χ3v) is 5.39. The number of anilines is 1. The van der Waals surface area contributed by atoms with Gasteiger partial charge in [-0.2, -0.15) is 4.98 Å². The monoisotopic (exact) mass is 427 g/mol. The van der Waals surface area contributed by atoms with Crippen LogP contribution in [0.1, 0.15) is 16.2 Å². The molecule has 1 aliphatic rings. The first-order valence-corrected chi connectivity index (χ1v) is 10.4. The van der Waals surface area contributed by atoms with Crippen LogP contribution in [0.3, 0.4) is 0 Å². The number of hydrogen-bond donors (Lipinski definition) is 0. The van der Waals surface area contributed by atoms with E-state index in [4.69, 9.17) is 4.52 Å². The lowest BCUT2D eigenvalue weighted by atomic mass is 10.1. The Morgan fingerprint density at radius 2 is 1.72 bits per heavy atom. The number of rotatable bonds is 4.